The lowest BCUT2D eigenvalue weighted by molar-refractivity contribution is -0.148. The van der Waals surface area contributed by atoms with Gasteiger partial charge in [-0.2, -0.15) is 0 Å². The van der Waals surface area contributed by atoms with Crippen molar-refractivity contribution in [2.45, 2.75) is 25.9 Å². The van der Waals surface area contributed by atoms with Gasteiger partial charge in [-0.05, 0) is 27.0 Å². The molecule has 0 amide bonds. The molecule has 1 aromatic carbocycles. The molecule has 88 valence electrons. The van der Waals surface area contributed by atoms with E-state index < -0.39 is 11.5 Å². The Hall–Kier alpha value is -1.55. The van der Waals surface area contributed by atoms with Crippen LogP contribution >= 0.6 is 0 Å². The number of carboxylic acids is 1. The molecule has 0 radical (unpaired) electrons. The predicted octanol–water partition coefficient (Wildman–Crippen LogP) is 1.69. The van der Waals surface area contributed by atoms with Crippen LogP contribution in [-0.4, -0.2) is 33.7 Å². The van der Waals surface area contributed by atoms with Crippen LogP contribution in [0, 0.1) is 0 Å². The minimum absolute atomic E-state index is 0.190. The number of nitrogens with zero attached hydrogens (tertiary/aromatic N) is 1. The summed E-state index contributed by atoms with van der Waals surface area (Å²) >= 11 is 0. The van der Waals surface area contributed by atoms with Gasteiger partial charge in [0.25, 0.3) is 0 Å². The maximum absolute atomic E-state index is 11.0. The highest BCUT2D eigenvalue weighted by Crippen LogP contribution is 2.21. The third kappa shape index (κ3) is 2.52. The van der Waals surface area contributed by atoms with Gasteiger partial charge < -0.3 is 10.2 Å². The minimum Gasteiger partial charge on any atom is -0.508 e. The molecule has 1 aromatic rings. The number of hydrogen-bond donors (Lipinski definition) is 2. The second kappa shape index (κ2) is 4.53. The number of aromatic hydroxyl groups is 1. The van der Waals surface area contributed by atoms with Crippen LogP contribution in [0.25, 0.3) is 0 Å². The van der Waals surface area contributed by atoms with E-state index >= 15 is 0 Å². The Kier molecular flexibility index (Phi) is 3.55. The van der Waals surface area contributed by atoms with Crippen molar-refractivity contribution in [3.05, 3.63) is 29.8 Å². The summed E-state index contributed by atoms with van der Waals surface area (Å²) in [5.41, 5.74) is -0.234. The van der Waals surface area contributed by atoms with Crippen LogP contribution < -0.4 is 0 Å². The second-order valence-corrected chi connectivity index (χ2v) is 4.35. The van der Waals surface area contributed by atoms with Crippen molar-refractivity contribution in [2.75, 3.05) is 7.05 Å². The summed E-state index contributed by atoms with van der Waals surface area (Å²) in [7, 11) is 1.72. The number of benzene rings is 1. The molecule has 4 heteroatoms. The summed E-state index contributed by atoms with van der Waals surface area (Å²) in [4.78, 5) is 12.7. The van der Waals surface area contributed by atoms with Crippen molar-refractivity contribution in [1.29, 1.82) is 0 Å². The van der Waals surface area contributed by atoms with Crippen molar-refractivity contribution >= 4 is 5.97 Å². The standard InChI is InChI=1S/C12H17NO3/c1-12(2,11(15)16)13(3)8-9-6-4-5-7-10(9)14/h4-7,14H,8H2,1-3H3,(H,15,16). The van der Waals surface area contributed by atoms with Gasteiger partial charge in [-0.15, -0.1) is 0 Å². The smallest absolute Gasteiger partial charge is 0.323 e. The number of likely N-dealkylation sites (N-methyl/N-ethyl adjacent to an activating group) is 1. The van der Waals surface area contributed by atoms with Crippen LogP contribution in [0.2, 0.25) is 0 Å². The van der Waals surface area contributed by atoms with Crippen LogP contribution in [-0.2, 0) is 11.3 Å². The Morgan fingerprint density at radius 1 is 1.38 bits per heavy atom. The van der Waals surface area contributed by atoms with Crippen molar-refractivity contribution in [1.82, 2.24) is 4.90 Å². The third-order valence-electron chi connectivity index (χ3n) is 2.88. The summed E-state index contributed by atoms with van der Waals surface area (Å²) in [5, 5.41) is 18.6. The van der Waals surface area contributed by atoms with Crippen LogP contribution in [0.4, 0.5) is 0 Å². The van der Waals surface area contributed by atoms with Crippen molar-refractivity contribution in [3.8, 4) is 5.75 Å². The lowest BCUT2D eigenvalue weighted by Crippen LogP contribution is -2.47. The zero-order chi connectivity index (χ0) is 12.3. The van der Waals surface area contributed by atoms with E-state index in [2.05, 4.69) is 0 Å². The van der Waals surface area contributed by atoms with E-state index in [0.29, 0.717) is 6.54 Å². The molecule has 0 bridgehead atoms. The second-order valence-electron chi connectivity index (χ2n) is 4.35. The van der Waals surface area contributed by atoms with Gasteiger partial charge in [0.05, 0.1) is 0 Å². The number of carbonyl (C=O) groups is 1. The number of phenolic OH excluding ortho intramolecular Hbond substituents is 1. The lowest BCUT2D eigenvalue weighted by Gasteiger charge is -2.31. The SMILES string of the molecule is CN(Cc1ccccc1O)C(C)(C)C(=O)O. The molecule has 0 spiro atoms. The first-order valence-electron chi connectivity index (χ1n) is 5.07. The highest BCUT2D eigenvalue weighted by atomic mass is 16.4. The van der Waals surface area contributed by atoms with Gasteiger partial charge >= 0.3 is 5.97 Å². The molecule has 0 aliphatic rings. The van der Waals surface area contributed by atoms with E-state index in [9.17, 15) is 9.90 Å². The van der Waals surface area contributed by atoms with E-state index in [4.69, 9.17) is 5.11 Å². The van der Waals surface area contributed by atoms with Crippen LogP contribution in [0.5, 0.6) is 5.75 Å². The fraction of sp³-hybridized carbons (Fsp3) is 0.417. The Balaban J connectivity index is 2.83. The fourth-order valence-corrected chi connectivity index (χ4v) is 1.26. The first kappa shape index (κ1) is 12.5. The maximum atomic E-state index is 11.0. The molecular formula is C12H17NO3. The molecule has 0 atom stereocenters. The molecular weight excluding hydrogens is 206 g/mol. The Bertz CT molecular complexity index is 388. The van der Waals surface area contributed by atoms with Crippen molar-refractivity contribution in [2.24, 2.45) is 0 Å². The van der Waals surface area contributed by atoms with E-state index in [1.165, 1.54) is 0 Å². The number of para-hydroxylation sites is 1. The number of aliphatic carboxylic acids is 1. The molecule has 0 aromatic heterocycles. The summed E-state index contributed by atoms with van der Waals surface area (Å²) in [5.74, 6) is -0.694. The van der Waals surface area contributed by atoms with Gasteiger partial charge in [0.15, 0.2) is 0 Å². The molecule has 1 rings (SSSR count). The molecule has 0 aliphatic carbocycles. The summed E-state index contributed by atoms with van der Waals surface area (Å²) in [6.45, 7) is 3.66. The first-order valence-corrected chi connectivity index (χ1v) is 5.07. The topological polar surface area (TPSA) is 60.8 Å². The average molecular weight is 223 g/mol. The van der Waals surface area contributed by atoms with Gasteiger partial charge in [-0.1, -0.05) is 18.2 Å². The molecule has 0 saturated carbocycles. The number of phenols is 1. The highest BCUT2D eigenvalue weighted by molar-refractivity contribution is 5.77. The Morgan fingerprint density at radius 2 is 1.94 bits per heavy atom. The predicted molar refractivity (Wildman–Crippen MR) is 61.3 cm³/mol. The number of carboxylic acid groups (broad SMARTS) is 1. The van der Waals surface area contributed by atoms with Gasteiger partial charge in [0.2, 0.25) is 0 Å². The van der Waals surface area contributed by atoms with E-state index in [1.807, 2.05) is 6.07 Å². The van der Waals surface area contributed by atoms with Gasteiger partial charge in [-0.3, -0.25) is 9.69 Å². The summed E-state index contributed by atoms with van der Waals surface area (Å²) < 4.78 is 0. The molecule has 0 aliphatic heterocycles. The Morgan fingerprint density at radius 3 is 2.44 bits per heavy atom. The zero-order valence-corrected chi connectivity index (χ0v) is 9.77. The molecule has 2 N–H and O–H groups in total. The third-order valence-corrected chi connectivity index (χ3v) is 2.88. The Labute approximate surface area is 95.1 Å². The normalized spacial score (nSPS) is 11.8. The molecule has 0 saturated heterocycles. The molecule has 4 nitrogen and oxygen atoms in total. The van der Waals surface area contributed by atoms with E-state index in [1.54, 1.807) is 44.0 Å². The average Bonchev–Trinajstić information content (AvgIpc) is 2.21. The first-order chi connectivity index (χ1) is 7.35. The number of hydrogen-bond acceptors (Lipinski definition) is 3. The molecule has 16 heavy (non-hydrogen) atoms. The van der Waals surface area contributed by atoms with Gasteiger partial charge in [-0.25, -0.2) is 0 Å². The highest BCUT2D eigenvalue weighted by Gasteiger charge is 2.32. The molecule has 0 fully saturated rings. The summed E-state index contributed by atoms with van der Waals surface area (Å²) in [6, 6.07) is 6.93. The quantitative estimate of drug-likeness (QED) is 0.815. The van der Waals surface area contributed by atoms with E-state index in [0.717, 1.165) is 5.56 Å². The fourth-order valence-electron chi connectivity index (χ4n) is 1.26. The van der Waals surface area contributed by atoms with Crippen LogP contribution in [0.1, 0.15) is 19.4 Å². The largest absolute Gasteiger partial charge is 0.508 e. The van der Waals surface area contributed by atoms with Crippen LogP contribution in [0.15, 0.2) is 24.3 Å². The lowest BCUT2D eigenvalue weighted by atomic mass is 10.0. The molecule has 0 unspecified atom stereocenters. The van der Waals surface area contributed by atoms with Crippen molar-refractivity contribution < 1.29 is 15.0 Å². The molecule has 0 heterocycles. The maximum Gasteiger partial charge on any atom is 0.323 e. The van der Waals surface area contributed by atoms with E-state index in [-0.39, 0.29) is 5.75 Å². The monoisotopic (exact) mass is 223 g/mol. The van der Waals surface area contributed by atoms with Crippen LogP contribution in [0.3, 0.4) is 0 Å². The summed E-state index contributed by atoms with van der Waals surface area (Å²) in [6.07, 6.45) is 0. The zero-order valence-electron chi connectivity index (χ0n) is 9.77. The number of rotatable bonds is 4. The van der Waals surface area contributed by atoms with Crippen molar-refractivity contribution in [3.63, 3.8) is 0 Å². The minimum atomic E-state index is -0.956. The van der Waals surface area contributed by atoms with Gasteiger partial charge in [0, 0.05) is 12.1 Å². The van der Waals surface area contributed by atoms with Gasteiger partial charge in [0.1, 0.15) is 11.3 Å².